The van der Waals surface area contributed by atoms with Crippen LogP contribution in [0.4, 0.5) is 11.4 Å². The van der Waals surface area contributed by atoms with Gasteiger partial charge in [-0.2, -0.15) is 5.10 Å². The van der Waals surface area contributed by atoms with Gasteiger partial charge in [-0.15, -0.1) is 0 Å². The Morgan fingerprint density at radius 1 is 1.07 bits per heavy atom. The van der Waals surface area contributed by atoms with E-state index in [4.69, 9.17) is 0 Å². The second kappa shape index (κ2) is 7.00. The number of nitro benzene ring substituents is 1. The van der Waals surface area contributed by atoms with Gasteiger partial charge in [-0.05, 0) is 30.3 Å². The van der Waals surface area contributed by atoms with Crippen LogP contribution in [0.25, 0.3) is 11.3 Å². The molecule has 0 aliphatic carbocycles. The van der Waals surface area contributed by atoms with Crippen LogP contribution in [-0.2, 0) is 17.1 Å². The van der Waals surface area contributed by atoms with Crippen LogP contribution in [0.1, 0.15) is 0 Å². The molecular weight excluding hydrogens is 372 g/mol. The third kappa shape index (κ3) is 4.01. The van der Waals surface area contributed by atoms with E-state index in [-0.39, 0.29) is 16.1 Å². The van der Waals surface area contributed by atoms with Gasteiger partial charge in [-0.3, -0.25) is 19.6 Å². The molecule has 3 rings (SSSR count). The number of sulfonamides is 1. The van der Waals surface area contributed by atoms with Crippen LogP contribution in [0, 0.1) is 10.1 Å². The van der Waals surface area contributed by atoms with E-state index >= 15 is 0 Å². The van der Waals surface area contributed by atoms with E-state index in [2.05, 4.69) is 9.82 Å². The minimum atomic E-state index is -3.92. The average molecular weight is 386 g/mol. The average Bonchev–Trinajstić information content (AvgIpc) is 2.64. The molecule has 0 aliphatic rings. The molecule has 0 saturated carbocycles. The standard InChI is InChI=1S/C17H14N4O5S/c1-20-17(22)10-9-16(18-20)12-3-2-4-13(11-12)19-27(25,26)15-7-5-14(6-8-15)21(23)24/h2-11,19H,1H3. The molecule has 0 atom stereocenters. The lowest BCUT2D eigenvalue weighted by Gasteiger charge is -2.10. The van der Waals surface area contributed by atoms with E-state index < -0.39 is 14.9 Å². The zero-order chi connectivity index (χ0) is 19.6. The van der Waals surface area contributed by atoms with Crippen LogP contribution in [0.3, 0.4) is 0 Å². The van der Waals surface area contributed by atoms with Crippen LogP contribution >= 0.6 is 0 Å². The summed E-state index contributed by atoms with van der Waals surface area (Å²) in [5.74, 6) is 0. The third-order valence-corrected chi connectivity index (χ3v) is 5.13. The van der Waals surface area contributed by atoms with Gasteiger partial charge in [0.2, 0.25) is 0 Å². The number of hydrogen-bond acceptors (Lipinski definition) is 6. The Bertz CT molecular complexity index is 1170. The lowest BCUT2D eigenvalue weighted by Crippen LogP contribution is -2.18. The fraction of sp³-hybridized carbons (Fsp3) is 0.0588. The minimum absolute atomic E-state index is 0.0984. The molecule has 0 radical (unpaired) electrons. The topological polar surface area (TPSA) is 124 Å². The zero-order valence-corrected chi connectivity index (χ0v) is 14.9. The summed E-state index contributed by atoms with van der Waals surface area (Å²) in [4.78, 5) is 21.4. The molecule has 9 nitrogen and oxygen atoms in total. The fourth-order valence-corrected chi connectivity index (χ4v) is 3.41. The summed E-state index contributed by atoms with van der Waals surface area (Å²) < 4.78 is 28.6. The Morgan fingerprint density at radius 2 is 1.78 bits per heavy atom. The van der Waals surface area contributed by atoms with Gasteiger partial charge < -0.3 is 0 Å². The van der Waals surface area contributed by atoms with Crippen molar-refractivity contribution in [2.24, 2.45) is 7.05 Å². The van der Waals surface area contributed by atoms with Crippen LogP contribution in [0.2, 0.25) is 0 Å². The van der Waals surface area contributed by atoms with E-state index in [1.54, 1.807) is 30.3 Å². The maximum absolute atomic E-state index is 12.5. The lowest BCUT2D eigenvalue weighted by atomic mass is 10.1. The molecule has 1 aromatic heterocycles. The third-order valence-electron chi connectivity index (χ3n) is 3.73. The van der Waals surface area contributed by atoms with Gasteiger partial charge in [-0.25, -0.2) is 13.1 Å². The highest BCUT2D eigenvalue weighted by atomic mass is 32.2. The Morgan fingerprint density at radius 3 is 2.41 bits per heavy atom. The van der Waals surface area contributed by atoms with Crippen LogP contribution in [-0.4, -0.2) is 23.1 Å². The number of nitrogens with zero attached hydrogens (tertiary/aromatic N) is 3. The number of anilines is 1. The highest BCUT2D eigenvalue weighted by Gasteiger charge is 2.16. The van der Waals surface area contributed by atoms with Crippen molar-refractivity contribution in [3.8, 4) is 11.3 Å². The molecule has 27 heavy (non-hydrogen) atoms. The van der Waals surface area contributed by atoms with E-state index in [9.17, 15) is 23.3 Å². The number of hydrogen-bond donors (Lipinski definition) is 1. The molecule has 3 aromatic rings. The highest BCUT2D eigenvalue weighted by molar-refractivity contribution is 7.92. The second-order valence-corrected chi connectivity index (χ2v) is 7.30. The molecular formula is C17H14N4O5S. The molecule has 0 amide bonds. The maximum Gasteiger partial charge on any atom is 0.269 e. The van der Waals surface area contributed by atoms with Gasteiger partial charge in [0.25, 0.3) is 21.3 Å². The Balaban J connectivity index is 1.89. The molecule has 1 N–H and O–H groups in total. The van der Waals surface area contributed by atoms with E-state index in [1.807, 2.05) is 0 Å². The molecule has 10 heteroatoms. The molecule has 0 fully saturated rings. The summed E-state index contributed by atoms with van der Waals surface area (Å²) in [5, 5.41) is 14.8. The van der Waals surface area contributed by atoms with Gasteiger partial charge >= 0.3 is 0 Å². The first-order valence-electron chi connectivity index (χ1n) is 7.68. The monoisotopic (exact) mass is 386 g/mol. The lowest BCUT2D eigenvalue weighted by molar-refractivity contribution is -0.384. The van der Waals surface area contributed by atoms with Gasteiger partial charge in [-0.1, -0.05) is 12.1 Å². The summed E-state index contributed by atoms with van der Waals surface area (Å²) >= 11 is 0. The van der Waals surface area contributed by atoms with Gasteiger partial charge in [0.05, 0.1) is 15.5 Å². The van der Waals surface area contributed by atoms with Crippen molar-refractivity contribution >= 4 is 21.4 Å². The molecule has 2 aromatic carbocycles. The number of aromatic nitrogens is 2. The summed E-state index contributed by atoms with van der Waals surface area (Å²) in [6.07, 6.45) is 0. The normalized spacial score (nSPS) is 11.1. The molecule has 138 valence electrons. The highest BCUT2D eigenvalue weighted by Crippen LogP contribution is 2.23. The number of rotatable bonds is 5. The fourth-order valence-electron chi connectivity index (χ4n) is 2.36. The van der Waals surface area contributed by atoms with E-state index in [0.29, 0.717) is 16.9 Å². The van der Waals surface area contributed by atoms with Crippen molar-refractivity contribution in [1.29, 1.82) is 0 Å². The largest absolute Gasteiger partial charge is 0.280 e. The van der Waals surface area contributed by atoms with Crippen molar-refractivity contribution in [2.45, 2.75) is 4.90 Å². The SMILES string of the molecule is Cn1nc(-c2cccc(NS(=O)(=O)c3ccc([N+](=O)[O-])cc3)c2)ccc1=O. The molecule has 0 bridgehead atoms. The van der Waals surface area contributed by atoms with Gasteiger partial charge in [0, 0.05) is 36.5 Å². The smallest absolute Gasteiger partial charge is 0.269 e. The zero-order valence-electron chi connectivity index (χ0n) is 14.1. The molecule has 0 saturated heterocycles. The summed E-state index contributed by atoms with van der Waals surface area (Å²) in [7, 11) is -2.40. The van der Waals surface area contributed by atoms with Crippen molar-refractivity contribution in [3.05, 3.63) is 81.1 Å². The van der Waals surface area contributed by atoms with Crippen molar-refractivity contribution in [1.82, 2.24) is 9.78 Å². The van der Waals surface area contributed by atoms with Crippen molar-refractivity contribution < 1.29 is 13.3 Å². The number of non-ortho nitro benzene ring substituents is 1. The molecule has 1 heterocycles. The first-order valence-corrected chi connectivity index (χ1v) is 9.17. The van der Waals surface area contributed by atoms with E-state index in [0.717, 1.165) is 12.1 Å². The van der Waals surface area contributed by atoms with Crippen molar-refractivity contribution in [3.63, 3.8) is 0 Å². The predicted octanol–water partition coefficient (Wildman–Crippen LogP) is 2.16. The Kier molecular flexibility index (Phi) is 4.74. The number of aryl methyl sites for hydroxylation is 1. The van der Waals surface area contributed by atoms with Crippen LogP contribution in [0.5, 0.6) is 0 Å². The molecule has 0 spiro atoms. The molecule has 0 aliphatic heterocycles. The number of nitrogens with one attached hydrogen (secondary N) is 1. The first kappa shape index (κ1) is 18.3. The summed E-state index contributed by atoms with van der Waals surface area (Å²) in [6, 6.07) is 14.0. The van der Waals surface area contributed by atoms with Crippen LogP contribution < -0.4 is 10.3 Å². The summed E-state index contributed by atoms with van der Waals surface area (Å²) in [5.41, 5.74) is 0.968. The van der Waals surface area contributed by atoms with Gasteiger partial charge in [0.15, 0.2) is 0 Å². The van der Waals surface area contributed by atoms with Crippen LogP contribution in [0.15, 0.2) is 70.4 Å². The van der Waals surface area contributed by atoms with Gasteiger partial charge in [0.1, 0.15) is 0 Å². The quantitative estimate of drug-likeness (QED) is 0.529. The summed E-state index contributed by atoms with van der Waals surface area (Å²) in [6.45, 7) is 0. The second-order valence-electron chi connectivity index (χ2n) is 5.62. The number of nitro groups is 1. The number of benzene rings is 2. The van der Waals surface area contributed by atoms with Crippen molar-refractivity contribution in [2.75, 3.05) is 4.72 Å². The first-order chi connectivity index (χ1) is 12.8. The Labute approximate surface area is 154 Å². The van der Waals surface area contributed by atoms with E-state index in [1.165, 1.54) is 29.9 Å². The molecule has 0 unspecified atom stereocenters. The Hall–Kier alpha value is -3.53. The predicted molar refractivity (Wildman–Crippen MR) is 98.8 cm³/mol. The maximum atomic E-state index is 12.5. The minimum Gasteiger partial charge on any atom is -0.280 e.